The Balaban J connectivity index is 2.48. The second kappa shape index (κ2) is 7.39. The highest BCUT2D eigenvalue weighted by molar-refractivity contribution is 7.99. The van der Waals surface area contributed by atoms with Gasteiger partial charge in [-0.05, 0) is 50.0 Å². The van der Waals surface area contributed by atoms with Crippen LogP contribution in [0.2, 0.25) is 0 Å². The summed E-state index contributed by atoms with van der Waals surface area (Å²) in [7, 11) is 0. The molecular weight excluding hydrogens is 246 g/mol. The van der Waals surface area contributed by atoms with E-state index in [0.717, 1.165) is 0 Å². The third-order valence-electron chi connectivity index (χ3n) is 4.54. The van der Waals surface area contributed by atoms with E-state index in [1.807, 2.05) is 25.6 Å². The van der Waals surface area contributed by atoms with Crippen LogP contribution in [0.3, 0.4) is 0 Å². The topological polar surface area (TPSA) is 49.3 Å². The zero-order chi connectivity index (χ0) is 13.6. The van der Waals surface area contributed by atoms with E-state index in [1.54, 1.807) is 0 Å². The number of rotatable bonds is 7. The SMILES string of the molecule is CCC(CC)(CNC(C)C1CCSCC1)C(=O)O. The van der Waals surface area contributed by atoms with Crippen molar-refractivity contribution in [2.75, 3.05) is 18.1 Å². The van der Waals surface area contributed by atoms with Crippen molar-refractivity contribution in [1.29, 1.82) is 0 Å². The lowest BCUT2D eigenvalue weighted by molar-refractivity contribution is -0.149. The minimum Gasteiger partial charge on any atom is -0.481 e. The minimum absolute atomic E-state index is 0.433. The third kappa shape index (κ3) is 3.89. The molecule has 0 spiro atoms. The van der Waals surface area contributed by atoms with Gasteiger partial charge < -0.3 is 10.4 Å². The highest BCUT2D eigenvalue weighted by Gasteiger charge is 2.35. The van der Waals surface area contributed by atoms with Crippen LogP contribution in [-0.2, 0) is 4.79 Å². The van der Waals surface area contributed by atoms with Gasteiger partial charge in [-0.25, -0.2) is 0 Å². The highest BCUT2D eigenvalue weighted by atomic mass is 32.2. The van der Waals surface area contributed by atoms with Gasteiger partial charge in [0, 0.05) is 12.6 Å². The van der Waals surface area contributed by atoms with E-state index in [1.165, 1.54) is 24.3 Å². The summed E-state index contributed by atoms with van der Waals surface area (Å²) in [5.41, 5.74) is -0.586. The van der Waals surface area contributed by atoms with Gasteiger partial charge in [0.25, 0.3) is 0 Å². The fourth-order valence-electron chi connectivity index (χ4n) is 2.62. The van der Waals surface area contributed by atoms with Gasteiger partial charge in [0.1, 0.15) is 0 Å². The monoisotopic (exact) mass is 273 g/mol. The molecule has 3 nitrogen and oxygen atoms in total. The Hall–Kier alpha value is -0.220. The van der Waals surface area contributed by atoms with Crippen LogP contribution in [0.25, 0.3) is 0 Å². The van der Waals surface area contributed by atoms with Gasteiger partial charge in [-0.15, -0.1) is 0 Å². The molecule has 1 saturated heterocycles. The van der Waals surface area contributed by atoms with Crippen LogP contribution in [0.1, 0.15) is 46.5 Å². The number of carboxylic acid groups (broad SMARTS) is 1. The number of hydrogen-bond donors (Lipinski definition) is 2. The number of carbonyl (C=O) groups is 1. The predicted octanol–water partition coefficient (Wildman–Crippen LogP) is 3.00. The molecule has 1 unspecified atom stereocenters. The summed E-state index contributed by atoms with van der Waals surface area (Å²) in [6, 6.07) is 0.433. The number of aliphatic carboxylic acids is 1. The molecule has 4 heteroatoms. The van der Waals surface area contributed by atoms with E-state index < -0.39 is 11.4 Å². The summed E-state index contributed by atoms with van der Waals surface area (Å²) in [5.74, 6) is 2.56. The lowest BCUT2D eigenvalue weighted by Gasteiger charge is -2.33. The molecule has 0 aliphatic carbocycles. The van der Waals surface area contributed by atoms with Crippen molar-refractivity contribution < 1.29 is 9.90 Å². The maximum atomic E-state index is 11.4. The molecule has 2 N–H and O–H groups in total. The molecule has 0 aromatic carbocycles. The average Bonchev–Trinajstić information content (AvgIpc) is 2.41. The molecule has 18 heavy (non-hydrogen) atoms. The van der Waals surface area contributed by atoms with Crippen molar-refractivity contribution in [2.45, 2.75) is 52.5 Å². The predicted molar refractivity (Wildman–Crippen MR) is 78.2 cm³/mol. The first-order valence-electron chi connectivity index (χ1n) is 7.10. The van der Waals surface area contributed by atoms with E-state index in [4.69, 9.17) is 0 Å². The smallest absolute Gasteiger partial charge is 0.310 e. The maximum absolute atomic E-state index is 11.4. The lowest BCUT2D eigenvalue weighted by Crippen LogP contribution is -2.45. The van der Waals surface area contributed by atoms with Gasteiger partial charge in [0.2, 0.25) is 0 Å². The Morgan fingerprint density at radius 1 is 1.39 bits per heavy atom. The van der Waals surface area contributed by atoms with Crippen LogP contribution in [0, 0.1) is 11.3 Å². The van der Waals surface area contributed by atoms with Gasteiger partial charge in [0.05, 0.1) is 5.41 Å². The van der Waals surface area contributed by atoms with E-state index in [0.29, 0.717) is 31.3 Å². The van der Waals surface area contributed by atoms with Crippen molar-refractivity contribution in [1.82, 2.24) is 5.32 Å². The fourth-order valence-corrected chi connectivity index (χ4v) is 3.76. The van der Waals surface area contributed by atoms with Crippen LogP contribution in [0.15, 0.2) is 0 Å². The molecular formula is C14H27NO2S. The van der Waals surface area contributed by atoms with Gasteiger partial charge in [-0.1, -0.05) is 13.8 Å². The number of carboxylic acids is 1. The number of hydrogen-bond acceptors (Lipinski definition) is 3. The molecule has 0 aromatic rings. The Morgan fingerprint density at radius 2 is 1.94 bits per heavy atom. The van der Waals surface area contributed by atoms with E-state index in [-0.39, 0.29) is 0 Å². The van der Waals surface area contributed by atoms with Crippen LogP contribution in [-0.4, -0.2) is 35.2 Å². The minimum atomic E-state index is -0.661. The molecule has 0 amide bonds. The maximum Gasteiger partial charge on any atom is 0.310 e. The first kappa shape index (κ1) is 15.8. The summed E-state index contributed by atoms with van der Waals surface area (Å²) in [6.45, 7) is 6.75. The molecule has 0 aromatic heterocycles. The molecule has 1 rings (SSSR count). The Bertz CT molecular complexity index is 261. The molecule has 0 radical (unpaired) electrons. The van der Waals surface area contributed by atoms with Gasteiger partial charge in [0.15, 0.2) is 0 Å². The van der Waals surface area contributed by atoms with Crippen molar-refractivity contribution in [2.24, 2.45) is 11.3 Å². The number of thioether (sulfide) groups is 1. The summed E-state index contributed by atoms with van der Waals surface area (Å²) >= 11 is 2.03. The van der Waals surface area contributed by atoms with E-state index in [9.17, 15) is 9.90 Å². The molecule has 106 valence electrons. The van der Waals surface area contributed by atoms with Crippen molar-refractivity contribution in [3.63, 3.8) is 0 Å². The molecule has 1 atom stereocenters. The Kier molecular flexibility index (Phi) is 6.50. The quantitative estimate of drug-likeness (QED) is 0.748. The summed E-state index contributed by atoms with van der Waals surface area (Å²) in [6.07, 6.45) is 3.91. The standard InChI is InChI=1S/C14H27NO2S/c1-4-14(5-2,13(16)17)10-15-11(3)12-6-8-18-9-7-12/h11-12,15H,4-10H2,1-3H3,(H,16,17). The Labute approximate surface area is 115 Å². The first-order valence-corrected chi connectivity index (χ1v) is 8.25. The van der Waals surface area contributed by atoms with Gasteiger partial charge >= 0.3 is 5.97 Å². The fraction of sp³-hybridized carbons (Fsp3) is 0.929. The highest BCUT2D eigenvalue weighted by Crippen LogP contribution is 2.28. The normalized spacial score (nSPS) is 19.7. The molecule has 0 bridgehead atoms. The van der Waals surface area contributed by atoms with Crippen LogP contribution < -0.4 is 5.32 Å². The third-order valence-corrected chi connectivity index (χ3v) is 5.59. The molecule has 1 aliphatic heterocycles. The average molecular weight is 273 g/mol. The van der Waals surface area contributed by atoms with Crippen molar-refractivity contribution in [3.8, 4) is 0 Å². The van der Waals surface area contributed by atoms with E-state index >= 15 is 0 Å². The number of nitrogens with one attached hydrogen (secondary N) is 1. The van der Waals surface area contributed by atoms with E-state index in [2.05, 4.69) is 12.2 Å². The van der Waals surface area contributed by atoms with Crippen LogP contribution >= 0.6 is 11.8 Å². The molecule has 1 aliphatic rings. The van der Waals surface area contributed by atoms with Crippen molar-refractivity contribution >= 4 is 17.7 Å². The molecule has 0 saturated carbocycles. The van der Waals surface area contributed by atoms with Gasteiger partial charge in [-0.3, -0.25) is 4.79 Å². The lowest BCUT2D eigenvalue weighted by atomic mass is 9.81. The summed E-state index contributed by atoms with van der Waals surface area (Å²) in [4.78, 5) is 11.4. The summed E-state index contributed by atoms with van der Waals surface area (Å²) < 4.78 is 0. The zero-order valence-corrected chi connectivity index (χ0v) is 12.7. The Morgan fingerprint density at radius 3 is 2.39 bits per heavy atom. The second-order valence-electron chi connectivity index (χ2n) is 5.41. The second-order valence-corrected chi connectivity index (χ2v) is 6.64. The zero-order valence-electron chi connectivity index (χ0n) is 11.9. The van der Waals surface area contributed by atoms with Crippen LogP contribution in [0.5, 0.6) is 0 Å². The largest absolute Gasteiger partial charge is 0.481 e. The first-order chi connectivity index (χ1) is 8.55. The van der Waals surface area contributed by atoms with Crippen molar-refractivity contribution in [3.05, 3.63) is 0 Å². The molecule has 1 heterocycles. The molecule has 1 fully saturated rings. The summed E-state index contributed by atoms with van der Waals surface area (Å²) in [5, 5.41) is 12.9. The van der Waals surface area contributed by atoms with Gasteiger partial charge in [-0.2, -0.15) is 11.8 Å². The van der Waals surface area contributed by atoms with Crippen LogP contribution in [0.4, 0.5) is 0 Å².